The predicted molar refractivity (Wildman–Crippen MR) is 188 cm³/mol. The van der Waals surface area contributed by atoms with Crippen LogP contribution in [0.5, 0.6) is 5.75 Å². The fraction of sp³-hybridized carbons (Fsp3) is 0.737. The number of nitrogens with zero attached hydrogens (tertiary/aromatic N) is 2. The molecule has 1 aromatic carbocycles. The summed E-state index contributed by atoms with van der Waals surface area (Å²) in [6, 6.07) is 8.43. The van der Waals surface area contributed by atoms with E-state index < -0.39 is 0 Å². The molecule has 0 aliphatic heterocycles. The molecule has 0 heterocycles. The number of fused-ring (bicyclic) bond motifs is 5. The fourth-order valence-electron chi connectivity index (χ4n) is 9.84. The van der Waals surface area contributed by atoms with Gasteiger partial charge in [0.25, 0.3) is 0 Å². The van der Waals surface area contributed by atoms with E-state index in [0.29, 0.717) is 35.3 Å². The number of hydrogen-bond donors (Lipinski definition) is 1. The van der Waals surface area contributed by atoms with Gasteiger partial charge in [-0.15, -0.1) is 16.9 Å². The molecule has 4 aliphatic carbocycles. The van der Waals surface area contributed by atoms with Crippen molar-refractivity contribution in [1.82, 2.24) is 5.32 Å². The quantitative estimate of drug-likeness (QED) is 0.0561. The summed E-state index contributed by atoms with van der Waals surface area (Å²) in [6.07, 6.45) is 21.5. The fourth-order valence-corrected chi connectivity index (χ4v) is 10.1. The molecule has 4 aliphatic rings. The second-order valence-corrected chi connectivity index (χ2v) is 15.9. The summed E-state index contributed by atoms with van der Waals surface area (Å²) in [6.45, 7) is 15.1. The van der Waals surface area contributed by atoms with Gasteiger partial charge in [0, 0.05) is 24.9 Å². The zero-order valence-corrected chi connectivity index (χ0v) is 29.1. The largest absolute Gasteiger partial charge is 0.492 e. The molecule has 3 saturated carbocycles. The molecule has 0 bridgehead atoms. The Hall–Kier alpha value is -1.79. The molecule has 44 heavy (non-hydrogen) atoms. The van der Waals surface area contributed by atoms with Crippen LogP contribution in [0.4, 0.5) is 0 Å². The van der Waals surface area contributed by atoms with Crippen LogP contribution in [-0.4, -0.2) is 44.0 Å². The van der Waals surface area contributed by atoms with Gasteiger partial charge in [0.15, 0.2) is 0 Å². The second kappa shape index (κ2) is 15.2. The lowest BCUT2D eigenvalue weighted by Crippen LogP contribution is -2.51. The van der Waals surface area contributed by atoms with Crippen LogP contribution in [0.15, 0.2) is 46.1 Å². The van der Waals surface area contributed by atoms with E-state index in [1.807, 2.05) is 30.5 Å². The highest BCUT2D eigenvalue weighted by Crippen LogP contribution is 2.66. The van der Waals surface area contributed by atoms with Crippen molar-refractivity contribution >= 4 is 24.4 Å². The van der Waals surface area contributed by atoms with E-state index in [2.05, 4.69) is 56.0 Å². The van der Waals surface area contributed by atoms with Crippen LogP contribution < -0.4 is 10.1 Å². The predicted octanol–water partition coefficient (Wildman–Crippen LogP) is 9.52. The van der Waals surface area contributed by atoms with Crippen molar-refractivity contribution in [2.75, 3.05) is 25.3 Å². The molecule has 7 unspecified atom stereocenters. The first-order chi connectivity index (χ1) is 21.3. The molecular formula is C38H59N3O2S. The van der Waals surface area contributed by atoms with Crippen molar-refractivity contribution < 1.29 is 9.47 Å². The first-order valence-electron chi connectivity index (χ1n) is 17.6. The van der Waals surface area contributed by atoms with Crippen LogP contribution in [0.3, 0.4) is 0 Å². The summed E-state index contributed by atoms with van der Waals surface area (Å²) in [4.78, 5) is 0. The summed E-state index contributed by atoms with van der Waals surface area (Å²) < 4.78 is 11.7. The molecule has 0 spiro atoms. The molecule has 1 N–H and O–H groups in total. The van der Waals surface area contributed by atoms with Gasteiger partial charge in [-0.25, -0.2) is 0 Å². The van der Waals surface area contributed by atoms with Crippen molar-refractivity contribution in [3.8, 4) is 5.75 Å². The van der Waals surface area contributed by atoms with E-state index in [4.69, 9.17) is 9.47 Å². The van der Waals surface area contributed by atoms with Crippen molar-refractivity contribution in [1.29, 1.82) is 0 Å². The molecule has 0 amide bonds. The van der Waals surface area contributed by atoms with Gasteiger partial charge in [0.05, 0.1) is 0 Å². The van der Waals surface area contributed by atoms with E-state index >= 15 is 0 Å². The van der Waals surface area contributed by atoms with Gasteiger partial charge in [-0.05, 0) is 129 Å². The van der Waals surface area contributed by atoms with Crippen LogP contribution in [0.1, 0.15) is 110 Å². The highest BCUT2D eigenvalue weighted by atomic mass is 32.2. The minimum absolute atomic E-state index is 0.416. The summed E-state index contributed by atoms with van der Waals surface area (Å²) in [5.74, 6) is 6.45. The molecule has 1 aromatic rings. The number of unbranched alkanes of at least 4 members (excludes halogenated alkanes) is 1. The van der Waals surface area contributed by atoms with Crippen LogP contribution in [0, 0.1) is 40.4 Å². The first-order valence-corrected chi connectivity index (χ1v) is 19.0. The summed E-state index contributed by atoms with van der Waals surface area (Å²) in [5.41, 5.74) is 3.65. The van der Waals surface area contributed by atoms with Crippen molar-refractivity contribution in [2.45, 2.75) is 111 Å². The van der Waals surface area contributed by atoms with Crippen LogP contribution in [0.25, 0.3) is 0 Å². The molecule has 5 rings (SSSR count). The molecule has 6 heteroatoms. The molecule has 244 valence electrons. The molecule has 0 radical (unpaired) electrons. The van der Waals surface area contributed by atoms with Crippen molar-refractivity contribution in [2.24, 2.45) is 50.6 Å². The average Bonchev–Trinajstić information content (AvgIpc) is 3.36. The Labute approximate surface area is 272 Å². The Kier molecular flexibility index (Phi) is 11.6. The number of thioether (sulfide) groups is 1. The molecule has 7 atom stereocenters. The number of rotatable bonds is 14. The number of benzene rings is 1. The monoisotopic (exact) mass is 621 g/mol. The molecule has 0 aromatic heterocycles. The maximum absolute atomic E-state index is 6.07. The maximum atomic E-state index is 6.07. The normalized spacial score (nSPS) is 33.3. The van der Waals surface area contributed by atoms with E-state index in [1.165, 1.54) is 77.0 Å². The lowest BCUT2D eigenvalue weighted by Gasteiger charge is -2.58. The third-order valence-corrected chi connectivity index (χ3v) is 12.6. The lowest BCUT2D eigenvalue weighted by atomic mass is 9.47. The SMILES string of the molecule is C=N/N=C(\OCSC)c1ccc(OCCNC2CCC3(C)C(=CCC4C3CCC3(C)C(CCCCC(C)C)CCC43)C2)cc1. The average molecular weight is 622 g/mol. The smallest absolute Gasteiger partial charge is 0.241 e. The summed E-state index contributed by atoms with van der Waals surface area (Å²) in [5, 5.41) is 11.5. The van der Waals surface area contributed by atoms with Crippen LogP contribution >= 0.6 is 11.8 Å². The van der Waals surface area contributed by atoms with E-state index in [-0.39, 0.29) is 0 Å². The zero-order valence-electron chi connectivity index (χ0n) is 28.3. The van der Waals surface area contributed by atoms with Crippen LogP contribution in [0.2, 0.25) is 0 Å². The zero-order chi connectivity index (χ0) is 31.2. The molecular weight excluding hydrogens is 563 g/mol. The summed E-state index contributed by atoms with van der Waals surface area (Å²) >= 11 is 1.60. The van der Waals surface area contributed by atoms with Gasteiger partial charge in [0.2, 0.25) is 5.90 Å². The third-order valence-electron chi connectivity index (χ3n) is 12.3. The number of ether oxygens (including phenoxy) is 2. The first kappa shape index (κ1) is 33.6. The van der Waals surface area contributed by atoms with E-state index in [0.717, 1.165) is 47.4 Å². The number of allylic oxidation sites excluding steroid dienone is 1. The topological polar surface area (TPSA) is 55.2 Å². The molecule has 3 fully saturated rings. The van der Waals surface area contributed by atoms with E-state index in [9.17, 15) is 0 Å². The second-order valence-electron chi connectivity index (χ2n) is 15.1. The number of hydrogen-bond acceptors (Lipinski definition) is 6. The third kappa shape index (κ3) is 7.43. The van der Waals surface area contributed by atoms with Crippen LogP contribution in [-0.2, 0) is 4.74 Å². The Bertz CT molecular complexity index is 1150. The Morgan fingerprint density at radius 3 is 2.64 bits per heavy atom. The van der Waals surface area contributed by atoms with Gasteiger partial charge >= 0.3 is 0 Å². The van der Waals surface area contributed by atoms with Gasteiger partial charge in [0.1, 0.15) is 18.3 Å². The number of nitrogens with one attached hydrogen (secondary N) is 1. The Morgan fingerprint density at radius 2 is 1.89 bits per heavy atom. The minimum Gasteiger partial charge on any atom is -0.492 e. The van der Waals surface area contributed by atoms with Crippen molar-refractivity contribution in [3.63, 3.8) is 0 Å². The lowest BCUT2D eigenvalue weighted by molar-refractivity contribution is -0.0442. The van der Waals surface area contributed by atoms with Gasteiger partial charge in [-0.3, -0.25) is 0 Å². The molecule has 0 saturated heterocycles. The van der Waals surface area contributed by atoms with Gasteiger partial charge in [-0.2, -0.15) is 5.10 Å². The van der Waals surface area contributed by atoms with E-state index in [1.54, 1.807) is 17.3 Å². The Balaban J connectivity index is 1.09. The highest BCUT2D eigenvalue weighted by molar-refractivity contribution is 7.98. The van der Waals surface area contributed by atoms with Gasteiger partial charge in [-0.1, -0.05) is 58.6 Å². The standard InChI is InChI=1S/C38H59N3O2S/c1-27(2)9-7-8-10-29-14-18-34-33-17-13-30-25-31(19-21-38(30,4)35(33)20-22-37(29,34)3)40-23-24-42-32-15-11-28(12-16-32)36(41-39-5)43-26-44-6/h11-13,15-16,27,29,31,33-35,40H,5,7-10,14,17-26H2,1-4,6H3/b41-36-. The minimum atomic E-state index is 0.416. The highest BCUT2D eigenvalue weighted by Gasteiger charge is 2.58. The van der Waals surface area contributed by atoms with Gasteiger partial charge < -0.3 is 14.8 Å². The summed E-state index contributed by atoms with van der Waals surface area (Å²) in [7, 11) is 0. The molecule has 5 nitrogen and oxygen atoms in total. The van der Waals surface area contributed by atoms with Crippen molar-refractivity contribution in [3.05, 3.63) is 41.5 Å². The Morgan fingerprint density at radius 1 is 1.07 bits per heavy atom. The maximum Gasteiger partial charge on any atom is 0.241 e.